The van der Waals surface area contributed by atoms with Crippen molar-refractivity contribution in [2.75, 3.05) is 10.6 Å². The summed E-state index contributed by atoms with van der Waals surface area (Å²) in [6.07, 6.45) is 1.32. The highest BCUT2D eigenvalue weighted by Gasteiger charge is 2.39. The Hall–Kier alpha value is -1.97. The van der Waals surface area contributed by atoms with E-state index in [9.17, 15) is 4.79 Å². The Morgan fingerprint density at radius 2 is 1.73 bits per heavy atom. The van der Waals surface area contributed by atoms with Crippen LogP contribution in [0.5, 0.6) is 0 Å². The van der Waals surface area contributed by atoms with Crippen LogP contribution >= 0.6 is 23.2 Å². The normalized spacial score (nSPS) is 21.2. The van der Waals surface area contributed by atoms with Crippen molar-refractivity contribution in [1.82, 2.24) is 0 Å². The van der Waals surface area contributed by atoms with Gasteiger partial charge in [0.15, 0.2) is 5.78 Å². The number of hydrogen-bond donors (Lipinski definition) is 2. The third-order valence-electron chi connectivity index (χ3n) is 5.01. The van der Waals surface area contributed by atoms with Gasteiger partial charge < -0.3 is 10.6 Å². The van der Waals surface area contributed by atoms with Crippen LogP contribution < -0.4 is 10.6 Å². The number of anilines is 2. The minimum Gasteiger partial charge on any atom is -0.372 e. The van der Waals surface area contributed by atoms with Crippen LogP contribution in [0, 0.1) is 5.41 Å². The Morgan fingerprint density at radius 3 is 2.50 bits per heavy atom. The van der Waals surface area contributed by atoms with Crippen molar-refractivity contribution in [3.8, 4) is 0 Å². The summed E-state index contributed by atoms with van der Waals surface area (Å²) in [4.78, 5) is 13.1. The number of Topliss-reactive ketones (excluding diaryl/α,β-unsaturated/α-hetero) is 1. The highest BCUT2D eigenvalue weighted by molar-refractivity contribution is 6.42. The number of fused-ring (bicyclic) bond motifs is 1. The topological polar surface area (TPSA) is 41.1 Å². The number of para-hydroxylation sites is 2. The van der Waals surface area contributed by atoms with Crippen LogP contribution in [0.1, 0.15) is 38.3 Å². The van der Waals surface area contributed by atoms with E-state index >= 15 is 0 Å². The lowest BCUT2D eigenvalue weighted by Gasteiger charge is -2.34. The Labute approximate surface area is 163 Å². The van der Waals surface area contributed by atoms with Gasteiger partial charge in [-0.1, -0.05) is 61.3 Å². The fourth-order valence-electron chi connectivity index (χ4n) is 3.87. The van der Waals surface area contributed by atoms with Crippen LogP contribution in [0.25, 0.3) is 0 Å². The molecule has 2 N–H and O–H groups in total. The summed E-state index contributed by atoms with van der Waals surface area (Å²) in [6.45, 7) is 4.25. The van der Waals surface area contributed by atoms with Crippen molar-refractivity contribution in [3.63, 3.8) is 0 Å². The zero-order chi connectivity index (χ0) is 18.5. The lowest BCUT2D eigenvalue weighted by molar-refractivity contribution is -0.118. The molecule has 0 bridgehead atoms. The van der Waals surface area contributed by atoms with Gasteiger partial charge in [0.1, 0.15) is 0 Å². The minimum atomic E-state index is -0.337. The maximum absolute atomic E-state index is 13.1. The maximum atomic E-state index is 13.1. The highest BCUT2D eigenvalue weighted by atomic mass is 35.5. The molecular formula is C21H20Cl2N2O. The van der Waals surface area contributed by atoms with Gasteiger partial charge in [0, 0.05) is 17.7 Å². The summed E-state index contributed by atoms with van der Waals surface area (Å²) in [5.41, 5.74) is 4.36. The summed E-state index contributed by atoms with van der Waals surface area (Å²) >= 11 is 12.8. The first-order chi connectivity index (χ1) is 12.4. The Balaban J connectivity index is 1.93. The van der Waals surface area contributed by atoms with Crippen molar-refractivity contribution in [2.24, 2.45) is 5.41 Å². The molecule has 2 aromatic rings. The second-order valence-corrected chi connectivity index (χ2v) is 8.51. The molecule has 0 fully saturated rings. The molecule has 0 unspecified atom stereocenters. The van der Waals surface area contributed by atoms with Gasteiger partial charge in [-0.15, -0.1) is 0 Å². The second kappa shape index (κ2) is 6.33. The molecule has 0 aromatic heterocycles. The molecule has 5 heteroatoms. The standard InChI is InChI=1S/C21H20Cl2N2O/c1-21(2)10-16-18(17(26)11-21)20(12-6-5-7-13(22)19(12)23)25-15-9-4-3-8-14(15)24-16/h3-9,20,24-25H,10-11H2,1-2H3/t20-/m1/s1. The van der Waals surface area contributed by atoms with Gasteiger partial charge in [-0.3, -0.25) is 4.79 Å². The molecule has 0 radical (unpaired) electrons. The lowest BCUT2D eigenvalue weighted by atomic mass is 9.73. The first-order valence-electron chi connectivity index (χ1n) is 8.68. The molecule has 1 heterocycles. The molecule has 3 nitrogen and oxygen atoms in total. The van der Waals surface area contributed by atoms with Crippen molar-refractivity contribution in [2.45, 2.75) is 32.7 Å². The number of allylic oxidation sites excluding steroid dienone is 1. The zero-order valence-corrected chi connectivity index (χ0v) is 16.2. The molecule has 1 aliphatic carbocycles. The number of carbonyl (C=O) groups excluding carboxylic acids is 1. The Kier molecular flexibility index (Phi) is 4.25. The number of halogens is 2. The molecule has 2 aromatic carbocycles. The summed E-state index contributed by atoms with van der Waals surface area (Å²) in [6, 6.07) is 13.2. The van der Waals surface area contributed by atoms with Crippen LogP contribution in [0.2, 0.25) is 10.0 Å². The highest BCUT2D eigenvalue weighted by Crippen LogP contribution is 2.46. The van der Waals surface area contributed by atoms with Crippen molar-refractivity contribution < 1.29 is 4.79 Å². The van der Waals surface area contributed by atoms with Gasteiger partial charge in [0.25, 0.3) is 0 Å². The Bertz CT molecular complexity index is 933. The van der Waals surface area contributed by atoms with Crippen molar-refractivity contribution in [3.05, 3.63) is 69.3 Å². The zero-order valence-electron chi connectivity index (χ0n) is 14.7. The molecule has 0 spiro atoms. The molecule has 0 saturated heterocycles. The van der Waals surface area contributed by atoms with E-state index in [1.807, 2.05) is 36.4 Å². The number of benzene rings is 2. The number of nitrogens with one attached hydrogen (secondary N) is 2. The quantitative estimate of drug-likeness (QED) is 0.611. The molecule has 1 atom stereocenters. The average Bonchev–Trinajstić information content (AvgIpc) is 2.72. The summed E-state index contributed by atoms with van der Waals surface area (Å²) in [5.74, 6) is 0.144. The van der Waals surface area contributed by atoms with Gasteiger partial charge in [-0.05, 0) is 35.6 Å². The third-order valence-corrected chi connectivity index (χ3v) is 5.85. The van der Waals surface area contributed by atoms with Crippen LogP contribution in [-0.4, -0.2) is 5.78 Å². The Morgan fingerprint density at radius 1 is 1.00 bits per heavy atom. The summed E-state index contributed by atoms with van der Waals surface area (Å²) < 4.78 is 0. The van der Waals surface area contributed by atoms with Crippen LogP contribution in [0.15, 0.2) is 53.7 Å². The molecule has 26 heavy (non-hydrogen) atoms. The predicted octanol–water partition coefficient (Wildman–Crippen LogP) is 6.22. The van der Waals surface area contributed by atoms with Gasteiger partial charge in [-0.2, -0.15) is 0 Å². The van der Waals surface area contributed by atoms with E-state index in [0.717, 1.165) is 34.6 Å². The smallest absolute Gasteiger partial charge is 0.163 e. The van der Waals surface area contributed by atoms with E-state index in [1.54, 1.807) is 6.07 Å². The largest absolute Gasteiger partial charge is 0.372 e. The minimum absolute atomic E-state index is 0.0785. The van der Waals surface area contributed by atoms with E-state index in [1.165, 1.54) is 0 Å². The second-order valence-electron chi connectivity index (χ2n) is 7.72. The van der Waals surface area contributed by atoms with E-state index in [4.69, 9.17) is 23.2 Å². The van der Waals surface area contributed by atoms with E-state index in [-0.39, 0.29) is 17.2 Å². The number of hydrogen-bond acceptors (Lipinski definition) is 3. The van der Waals surface area contributed by atoms with E-state index < -0.39 is 0 Å². The molecule has 2 aliphatic rings. The van der Waals surface area contributed by atoms with Gasteiger partial charge in [0.05, 0.1) is 27.5 Å². The fraction of sp³-hybridized carbons (Fsp3) is 0.286. The maximum Gasteiger partial charge on any atom is 0.163 e. The first kappa shape index (κ1) is 17.4. The van der Waals surface area contributed by atoms with Gasteiger partial charge in [-0.25, -0.2) is 0 Å². The van der Waals surface area contributed by atoms with Crippen LogP contribution in [0.4, 0.5) is 11.4 Å². The molecule has 0 saturated carbocycles. The predicted molar refractivity (Wildman–Crippen MR) is 108 cm³/mol. The average molecular weight is 387 g/mol. The number of carbonyl (C=O) groups is 1. The molecule has 1 aliphatic heterocycles. The first-order valence-corrected chi connectivity index (χ1v) is 9.44. The number of rotatable bonds is 1. The van der Waals surface area contributed by atoms with Gasteiger partial charge in [0.2, 0.25) is 0 Å². The molecule has 4 rings (SSSR count). The van der Waals surface area contributed by atoms with E-state index in [0.29, 0.717) is 16.5 Å². The fourth-order valence-corrected chi connectivity index (χ4v) is 4.28. The van der Waals surface area contributed by atoms with E-state index in [2.05, 4.69) is 24.5 Å². The lowest BCUT2D eigenvalue weighted by Crippen LogP contribution is -2.31. The summed E-state index contributed by atoms with van der Waals surface area (Å²) in [5, 5.41) is 7.99. The van der Waals surface area contributed by atoms with Crippen LogP contribution in [-0.2, 0) is 4.79 Å². The van der Waals surface area contributed by atoms with Gasteiger partial charge >= 0.3 is 0 Å². The third kappa shape index (κ3) is 3.00. The summed E-state index contributed by atoms with van der Waals surface area (Å²) in [7, 11) is 0. The van der Waals surface area contributed by atoms with Crippen molar-refractivity contribution >= 4 is 40.4 Å². The number of ketones is 1. The van der Waals surface area contributed by atoms with Crippen LogP contribution in [0.3, 0.4) is 0 Å². The SMILES string of the molecule is CC1(C)CC(=O)C2=C(C1)Nc1ccccc1N[C@@H]2c1cccc(Cl)c1Cl. The molecular weight excluding hydrogens is 367 g/mol. The molecule has 0 amide bonds. The monoisotopic (exact) mass is 386 g/mol. The molecule has 134 valence electrons. The van der Waals surface area contributed by atoms with Crippen molar-refractivity contribution in [1.29, 1.82) is 0 Å².